The van der Waals surface area contributed by atoms with Crippen molar-refractivity contribution in [1.82, 2.24) is 14.7 Å². The molecule has 1 N–H and O–H groups in total. The highest BCUT2D eigenvalue weighted by Crippen LogP contribution is 2.63. The van der Waals surface area contributed by atoms with E-state index in [4.69, 9.17) is 16.7 Å². The van der Waals surface area contributed by atoms with Crippen molar-refractivity contribution in [2.75, 3.05) is 11.9 Å². The first-order valence-electron chi connectivity index (χ1n) is 15.3. The fourth-order valence-corrected chi connectivity index (χ4v) is 10.0. The molecule has 11 heteroatoms. The standard InChI is InChI=1S/C35H31ClN4O5S/c1-16-22-13-18(36)8-11-26(22)46-30(16)25-15-27(39(4)37-25)40-32(43)24-14-23-20(9-10-21-28(23)33(44)38(3)31(21)42)29(35(24,2)34(40)45)17-6-5-7-19(41)12-17/h5-9,11-13,15,21,23-24,28-29,41H,10,14H2,1-4H3/t21-,23+,24-,28-,29-,35+/m0/s1. The SMILES string of the molecule is Cc1c(-c2cc(N3C(=O)[C@@H]4C[C@@H]5C(=CC[C@@H]6C(=O)N(C)C(=O)[C@@H]65)[C@H](c5cccc(O)c5)[C@]4(C)C3=O)n(C)n2)sc2ccc(Cl)cc12. The third-order valence-electron chi connectivity index (χ3n) is 10.9. The molecular weight excluding hydrogens is 624 g/mol. The third-order valence-corrected chi connectivity index (χ3v) is 12.4. The van der Waals surface area contributed by atoms with Gasteiger partial charge < -0.3 is 5.11 Å². The number of thiophene rings is 1. The van der Waals surface area contributed by atoms with Crippen LogP contribution in [-0.4, -0.2) is 50.5 Å². The van der Waals surface area contributed by atoms with Crippen LogP contribution in [-0.2, 0) is 26.2 Å². The lowest BCUT2D eigenvalue weighted by molar-refractivity contribution is -0.138. The summed E-state index contributed by atoms with van der Waals surface area (Å²) in [4.78, 5) is 59.2. The fourth-order valence-electron chi connectivity index (χ4n) is 8.69. The smallest absolute Gasteiger partial charge is 0.242 e. The first-order chi connectivity index (χ1) is 21.9. The Kier molecular flexibility index (Phi) is 6.25. The van der Waals surface area contributed by atoms with Gasteiger partial charge in [0, 0.05) is 35.8 Å². The molecule has 4 heterocycles. The highest BCUT2D eigenvalue weighted by atomic mass is 35.5. The van der Waals surface area contributed by atoms with Crippen LogP contribution in [0.15, 0.2) is 60.2 Å². The van der Waals surface area contributed by atoms with E-state index >= 15 is 0 Å². The van der Waals surface area contributed by atoms with E-state index in [1.807, 2.05) is 44.2 Å². The molecule has 3 fully saturated rings. The maximum absolute atomic E-state index is 14.8. The van der Waals surface area contributed by atoms with Crippen LogP contribution < -0.4 is 4.90 Å². The van der Waals surface area contributed by atoms with Gasteiger partial charge in [0.1, 0.15) is 17.3 Å². The minimum Gasteiger partial charge on any atom is -0.508 e. The van der Waals surface area contributed by atoms with Crippen LogP contribution in [0.2, 0.25) is 5.02 Å². The Hall–Kier alpha value is -4.28. The van der Waals surface area contributed by atoms with Crippen LogP contribution in [0, 0.1) is 36.0 Å². The maximum atomic E-state index is 14.8. The van der Waals surface area contributed by atoms with Crippen LogP contribution >= 0.6 is 22.9 Å². The number of fused-ring (bicyclic) bond motifs is 5. The number of anilines is 1. The zero-order valence-electron chi connectivity index (χ0n) is 25.7. The molecule has 2 saturated heterocycles. The number of rotatable bonds is 3. The van der Waals surface area contributed by atoms with Gasteiger partial charge in [-0.3, -0.25) is 28.8 Å². The van der Waals surface area contributed by atoms with Crippen LogP contribution in [0.3, 0.4) is 0 Å². The predicted octanol–water partition coefficient (Wildman–Crippen LogP) is 5.83. The molecule has 4 aliphatic rings. The number of aryl methyl sites for hydroxylation is 2. The predicted molar refractivity (Wildman–Crippen MR) is 174 cm³/mol. The first-order valence-corrected chi connectivity index (χ1v) is 16.5. The lowest BCUT2D eigenvalue weighted by atomic mass is 9.51. The normalized spacial score (nSPS) is 29.0. The molecule has 4 aromatic rings. The lowest BCUT2D eigenvalue weighted by Gasteiger charge is -2.49. The average Bonchev–Trinajstić information content (AvgIpc) is 3.68. The number of allylic oxidation sites excluding steroid dienone is 2. The molecule has 4 amide bonds. The lowest BCUT2D eigenvalue weighted by Crippen LogP contribution is -2.48. The van der Waals surface area contributed by atoms with Gasteiger partial charge in [-0.2, -0.15) is 5.10 Å². The summed E-state index contributed by atoms with van der Waals surface area (Å²) in [7, 11) is 3.24. The van der Waals surface area contributed by atoms with Gasteiger partial charge in [-0.05, 0) is 79.5 Å². The quantitative estimate of drug-likeness (QED) is 0.220. The minimum atomic E-state index is -1.20. The number of likely N-dealkylation sites (tertiary alicyclic amines) is 1. The number of nitrogens with zero attached hydrogens (tertiary/aromatic N) is 4. The second-order valence-electron chi connectivity index (χ2n) is 13.2. The van der Waals surface area contributed by atoms with Gasteiger partial charge in [0.05, 0.1) is 28.0 Å². The summed E-state index contributed by atoms with van der Waals surface area (Å²) in [6, 6.07) is 14.3. The Labute approximate surface area is 274 Å². The van der Waals surface area contributed by atoms with Crippen LogP contribution in [0.25, 0.3) is 20.7 Å². The Balaban J connectivity index is 1.25. The van der Waals surface area contributed by atoms with Gasteiger partial charge in [-0.15, -0.1) is 11.3 Å². The summed E-state index contributed by atoms with van der Waals surface area (Å²) >= 11 is 7.85. The molecule has 2 aromatic carbocycles. The zero-order valence-corrected chi connectivity index (χ0v) is 27.2. The number of phenols is 1. The molecule has 2 aliphatic carbocycles. The van der Waals surface area contributed by atoms with E-state index in [9.17, 15) is 24.3 Å². The van der Waals surface area contributed by atoms with Gasteiger partial charge in [0.15, 0.2) is 0 Å². The molecule has 234 valence electrons. The number of hydrogen-bond donors (Lipinski definition) is 1. The number of carbonyl (C=O) groups is 4. The van der Waals surface area contributed by atoms with E-state index in [2.05, 4.69) is 0 Å². The van der Waals surface area contributed by atoms with Gasteiger partial charge in [-0.25, -0.2) is 4.90 Å². The molecule has 2 aromatic heterocycles. The third kappa shape index (κ3) is 3.77. The van der Waals surface area contributed by atoms with E-state index in [0.29, 0.717) is 28.5 Å². The van der Waals surface area contributed by atoms with Gasteiger partial charge in [0.25, 0.3) is 0 Å². The molecule has 0 radical (unpaired) electrons. The Morgan fingerprint density at radius 2 is 1.78 bits per heavy atom. The second kappa shape index (κ2) is 9.86. The molecule has 2 aliphatic heterocycles. The van der Waals surface area contributed by atoms with Gasteiger partial charge in [0.2, 0.25) is 23.6 Å². The Morgan fingerprint density at radius 1 is 1.00 bits per heavy atom. The number of carbonyl (C=O) groups excluding carboxylic acids is 4. The van der Waals surface area contributed by atoms with E-state index in [0.717, 1.165) is 26.1 Å². The first kappa shape index (κ1) is 29.1. The van der Waals surface area contributed by atoms with Crippen LogP contribution in [0.5, 0.6) is 5.75 Å². The van der Waals surface area contributed by atoms with Crippen molar-refractivity contribution in [2.45, 2.75) is 32.6 Å². The van der Waals surface area contributed by atoms with Crippen molar-refractivity contribution >= 4 is 62.5 Å². The second-order valence-corrected chi connectivity index (χ2v) is 14.7. The fraction of sp³-hybridized carbons (Fsp3) is 0.343. The number of aromatic hydroxyl groups is 1. The van der Waals surface area contributed by atoms with Gasteiger partial charge in [-0.1, -0.05) is 35.4 Å². The number of imide groups is 2. The van der Waals surface area contributed by atoms with Gasteiger partial charge >= 0.3 is 0 Å². The maximum Gasteiger partial charge on any atom is 0.242 e. The van der Waals surface area contributed by atoms with Crippen molar-refractivity contribution in [1.29, 1.82) is 0 Å². The van der Waals surface area contributed by atoms with Crippen molar-refractivity contribution in [3.63, 3.8) is 0 Å². The number of benzene rings is 2. The molecule has 6 atom stereocenters. The molecule has 0 spiro atoms. The topological polar surface area (TPSA) is 113 Å². The molecule has 8 rings (SSSR count). The summed E-state index contributed by atoms with van der Waals surface area (Å²) < 4.78 is 2.63. The average molecular weight is 655 g/mol. The molecule has 0 bridgehead atoms. The van der Waals surface area contributed by atoms with Crippen molar-refractivity contribution in [2.24, 2.45) is 36.1 Å². The van der Waals surface area contributed by atoms with Crippen LogP contribution in [0.4, 0.5) is 5.82 Å². The monoisotopic (exact) mass is 654 g/mol. The summed E-state index contributed by atoms with van der Waals surface area (Å²) in [6.45, 7) is 3.84. The number of hydrogen-bond acceptors (Lipinski definition) is 7. The van der Waals surface area contributed by atoms with E-state index < -0.39 is 35.0 Å². The van der Waals surface area contributed by atoms with E-state index in [-0.39, 0.29) is 35.8 Å². The molecule has 1 saturated carbocycles. The highest BCUT2D eigenvalue weighted by molar-refractivity contribution is 7.22. The highest BCUT2D eigenvalue weighted by Gasteiger charge is 2.67. The van der Waals surface area contributed by atoms with Crippen molar-refractivity contribution in [3.8, 4) is 16.3 Å². The molecule has 46 heavy (non-hydrogen) atoms. The largest absolute Gasteiger partial charge is 0.508 e. The van der Waals surface area contributed by atoms with Crippen LogP contribution in [0.1, 0.15) is 36.8 Å². The van der Waals surface area contributed by atoms with Crippen molar-refractivity contribution < 1.29 is 24.3 Å². The number of aromatic nitrogens is 2. The summed E-state index contributed by atoms with van der Waals surface area (Å²) in [5, 5.41) is 16.9. The summed E-state index contributed by atoms with van der Waals surface area (Å²) in [6.07, 6.45) is 2.66. The zero-order chi connectivity index (χ0) is 32.4. The summed E-state index contributed by atoms with van der Waals surface area (Å²) in [5.41, 5.74) is 2.04. The summed E-state index contributed by atoms with van der Waals surface area (Å²) in [5.74, 6) is -3.53. The number of amides is 4. The molecular formula is C35H31ClN4O5S. The van der Waals surface area contributed by atoms with E-state index in [1.54, 1.807) is 47.3 Å². The Bertz CT molecular complexity index is 2080. The minimum absolute atomic E-state index is 0.0470. The Morgan fingerprint density at radius 3 is 2.54 bits per heavy atom. The molecule has 9 nitrogen and oxygen atoms in total. The van der Waals surface area contributed by atoms with Crippen molar-refractivity contribution in [3.05, 3.63) is 76.3 Å². The molecule has 0 unspecified atom stereocenters. The van der Waals surface area contributed by atoms with E-state index in [1.165, 1.54) is 16.8 Å². The number of halogens is 1. The number of phenolic OH excluding ortho intramolecular Hbond substituents is 1.